The van der Waals surface area contributed by atoms with E-state index in [1.54, 1.807) is 24.3 Å². The van der Waals surface area contributed by atoms with Gasteiger partial charge in [0.15, 0.2) is 0 Å². The number of ether oxygens (including phenoxy) is 1. The fourth-order valence-corrected chi connectivity index (χ4v) is 3.08. The lowest BCUT2D eigenvalue weighted by Gasteiger charge is -2.11. The van der Waals surface area contributed by atoms with Crippen molar-refractivity contribution in [3.8, 4) is 5.75 Å². The minimum atomic E-state index is -0.385. The van der Waals surface area contributed by atoms with E-state index in [0.717, 1.165) is 11.1 Å². The Bertz CT molecular complexity index is 927. The normalized spacial score (nSPS) is 10.5. The average Bonchev–Trinajstić information content (AvgIpc) is 2.67. The van der Waals surface area contributed by atoms with Crippen molar-refractivity contribution in [1.29, 1.82) is 0 Å². The summed E-state index contributed by atoms with van der Waals surface area (Å²) in [5.74, 6) is 0.219. The molecule has 27 heavy (non-hydrogen) atoms. The maximum Gasteiger partial charge on any atom is 0.131 e. The summed E-state index contributed by atoms with van der Waals surface area (Å²) in [4.78, 5) is 0.610. The number of rotatable bonds is 6. The van der Waals surface area contributed by atoms with Crippen LogP contribution in [0.2, 0.25) is 10.0 Å². The van der Waals surface area contributed by atoms with Crippen LogP contribution in [0.25, 0.3) is 0 Å². The zero-order valence-corrected chi connectivity index (χ0v) is 16.5. The SMILES string of the molecule is Fc1cccc(Cl)c1COc1ccc(C(=S)NCc2ccccc2Cl)cc1. The highest BCUT2D eigenvalue weighted by atomic mass is 35.5. The summed E-state index contributed by atoms with van der Waals surface area (Å²) in [5.41, 5.74) is 2.16. The van der Waals surface area contributed by atoms with Gasteiger partial charge in [0.05, 0.1) is 5.02 Å². The third-order valence-electron chi connectivity index (χ3n) is 3.96. The topological polar surface area (TPSA) is 21.3 Å². The molecule has 0 aromatic heterocycles. The van der Waals surface area contributed by atoms with Gasteiger partial charge in [-0.1, -0.05) is 59.7 Å². The second-order valence-corrected chi connectivity index (χ2v) is 7.01. The minimum absolute atomic E-state index is 0.0556. The summed E-state index contributed by atoms with van der Waals surface area (Å²) in [6.45, 7) is 0.600. The van der Waals surface area contributed by atoms with Gasteiger partial charge in [0.25, 0.3) is 0 Å². The first kappa shape index (κ1) is 19.6. The Morgan fingerprint density at radius 3 is 2.33 bits per heavy atom. The van der Waals surface area contributed by atoms with Crippen molar-refractivity contribution >= 4 is 40.4 Å². The van der Waals surface area contributed by atoms with Crippen molar-refractivity contribution < 1.29 is 9.13 Å². The van der Waals surface area contributed by atoms with Gasteiger partial charge in [0.1, 0.15) is 23.2 Å². The largest absolute Gasteiger partial charge is 0.489 e. The van der Waals surface area contributed by atoms with Crippen molar-refractivity contribution in [2.45, 2.75) is 13.2 Å². The van der Waals surface area contributed by atoms with E-state index in [2.05, 4.69) is 5.32 Å². The Kier molecular flexibility index (Phi) is 6.67. The number of benzene rings is 3. The maximum atomic E-state index is 13.8. The quantitative estimate of drug-likeness (QED) is 0.482. The molecule has 0 unspecified atom stereocenters. The molecule has 6 heteroatoms. The van der Waals surface area contributed by atoms with Gasteiger partial charge < -0.3 is 10.1 Å². The predicted molar refractivity (Wildman–Crippen MR) is 112 cm³/mol. The molecule has 3 aromatic rings. The van der Waals surface area contributed by atoms with Crippen molar-refractivity contribution in [2.24, 2.45) is 0 Å². The van der Waals surface area contributed by atoms with Crippen LogP contribution >= 0.6 is 35.4 Å². The zero-order chi connectivity index (χ0) is 19.2. The smallest absolute Gasteiger partial charge is 0.131 e. The van der Waals surface area contributed by atoms with E-state index in [4.69, 9.17) is 40.2 Å². The second-order valence-electron chi connectivity index (χ2n) is 5.79. The summed E-state index contributed by atoms with van der Waals surface area (Å²) in [5, 5.41) is 4.23. The lowest BCUT2D eigenvalue weighted by atomic mass is 10.2. The summed E-state index contributed by atoms with van der Waals surface area (Å²) < 4.78 is 19.4. The molecule has 0 saturated heterocycles. The Labute approximate surface area is 172 Å². The Hall–Kier alpha value is -2.14. The average molecular weight is 420 g/mol. The van der Waals surface area contributed by atoms with Gasteiger partial charge in [-0.25, -0.2) is 4.39 Å². The second kappa shape index (κ2) is 9.18. The number of nitrogens with one attached hydrogen (secondary N) is 1. The minimum Gasteiger partial charge on any atom is -0.489 e. The van der Waals surface area contributed by atoms with Crippen LogP contribution in [-0.4, -0.2) is 4.99 Å². The van der Waals surface area contributed by atoms with Crippen LogP contribution in [0, 0.1) is 5.82 Å². The number of halogens is 3. The van der Waals surface area contributed by atoms with Gasteiger partial charge in [-0.2, -0.15) is 0 Å². The van der Waals surface area contributed by atoms with E-state index in [-0.39, 0.29) is 12.4 Å². The Balaban J connectivity index is 1.58. The first-order valence-corrected chi connectivity index (χ1v) is 9.38. The van der Waals surface area contributed by atoms with Crippen LogP contribution in [0.15, 0.2) is 66.7 Å². The molecule has 0 aliphatic carbocycles. The van der Waals surface area contributed by atoms with Crippen LogP contribution in [-0.2, 0) is 13.2 Å². The molecule has 0 radical (unpaired) electrons. The third kappa shape index (κ3) is 5.19. The summed E-state index contributed by atoms with van der Waals surface area (Å²) in [7, 11) is 0. The van der Waals surface area contributed by atoms with Crippen LogP contribution in [0.5, 0.6) is 5.75 Å². The molecule has 138 valence electrons. The van der Waals surface area contributed by atoms with E-state index in [9.17, 15) is 4.39 Å². The van der Waals surface area contributed by atoms with Gasteiger partial charge in [0.2, 0.25) is 0 Å². The summed E-state index contributed by atoms with van der Waals surface area (Å²) >= 11 is 17.6. The van der Waals surface area contributed by atoms with E-state index in [0.29, 0.717) is 32.9 Å². The van der Waals surface area contributed by atoms with Crippen LogP contribution in [0.1, 0.15) is 16.7 Å². The summed E-state index contributed by atoms with van der Waals surface area (Å²) in [6.07, 6.45) is 0. The molecule has 0 aliphatic heterocycles. The molecular weight excluding hydrogens is 404 g/mol. The number of thiocarbonyl (C=S) groups is 1. The first-order valence-electron chi connectivity index (χ1n) is 8.22. The van der Waals surface area contributed by atoms with Crippen LogP contribution in [0.3, 0.4) is 0 Å². The van der Waals surface area contributed by atoms with E-state index >= 15 is 0 Å². The maximum absolute atomic E-state index is 13.8. The van der Waals surface area contributed by atoms with Crippen molar-refractivity contribution in [1.82, 2.24) is 5.32 Å². The van der Waals surface area contributed by atoms with Crippen LogP contribution in [0.4, 0.5) is 4.39 Å². The highest BCUT2D eigenvalue weighted by Crippen LogP contribution is 2.22. The van der Waals surface area contributed by atoms with Crippen molar-refractivity contribution in [3.63, 3.8) is 0 Å². The van der Waals surface area contributed by atoms with E-state index in [1.807, 2.05) is 36.4 Å². The lowest BCUT2D eigenvalue weighted by Crippen LogP contribution is -2.21. The number of hydrogen-bond acceptors (Lipinski definition) is 2. The molecule has 3 rings (SSSR count). The highest BCUT2D eigenvalue weighted by Gasteiger charge is 2.08. The molecule has 0 spiro atoms. The van der Waals surface area contributed by atoms with Gasteiger partial charge >= 0.3 is 0 Å². The Morgan fingerprint density at radius 2 is 1.63 bits per heavy atom. The van der Waals surface area contributed by atoms with Gasteiger partial charge in [-0.15, -0.1) is 0 Å². The van der Waals surface area contributed by atoms with Crippen molar-refractivity contribution in [3.05, 3.63) is 99.3 Å². The fourth-order valence-electron chi connectivity index (χ4n) is 2.45. The van der Waals surface area contributed by atoms with Gasteiger partial charge in [-0.3, -0.25) is 0 Å². The molecule has 0 heterocycles. The monoisotopic (exact) mass is 419 g/mol. The van der Waals surface area contributed by atoms with Gasteiger partial charge in [0, 0.05) is 22.7 Å². The molecule has 2 nitrogen and oxygen atoms in total. The molecule has 0 fully saturated rings. The van der Waals surface area contributed by atoms with E-state index < -0.39 is 0 Å². The van der Waals surface area contributed by atoms with Gasteiger partial charge in [-0.05, 0) is 48.0 Å². The zero-order valence-electron chi connectivity index (χ0n) is 14.2. The highest BCUT2D eigenvalue weighted by molar-refractivity contribution is 7.80. The molecule has 0 amide bonds. The standard InChI is InChI=1S/C21H16Cl2FNOS/c22-18-5-2-1-4-15(18)12-25-21(27)14-8-10-16(11-9-14)26-13-17-19(23)6-3-7-20(17)24/h1-11H,12-13H2,(H,25,27). The predicted octanol–water partition coefficient (Wildman–Crippen LogP) is 6.18. The molecule has 0 bridgehead atoms. The fraction of sp³-hybridized carbons (Fsp3) is 0.0952. The van der Waals surface area contributed by atoms with E-state index in [1.165, 1.54) is 6.07 Å². The molecule has 3 aromatic carbocycles. The lowest BCUT2D eigenvalue weighted by molar-refractivity contribution is 0.300. The molecule has 0 aliphatic rings. The summed E-state index contributed by atoms with van der Waals surface area (Å²) in [6, 6.07) is 19.4. The molecular formula is C21H16Cl2FNOS. The first-order chi connectivity index (χ1) is 13.0. The third-order valence-corrected chi connectivity index (χ3v) is 5.06. The molecule has 0 atom stereocenters. The molecule has 0 saturated carbocycles. The number of hydrogen-bond donors (Lipinski definition) is 1. The van der Waals surface area contributed by atoms with Crippen molar-refractivity contribution in [2.75, 3.05) is 0 Å². The molecule has 1 N–H and O–H groups in total. The Morgan fingerprint density at radius 1 is 0.926 bits per heavy atom. The van der Waals surface area contributed by atoms with Crippen LogP contribution < -0.4 is 10.1 Å².